The van der Waals surface area contributed by atoms with Gasteiger partial charge in [0, 0.05) is 16.6 Å². The van der Waals surface area contributed by atoms with Crippen LogP contribution < -0.4 is 27.2 Å². The number of aromatic amines is 1. The number of unbranched alkanes of at least 4 members (excludes halogenated alkanes) is 1. The van der Waals surface area contributed by atoms with Crippen LogP contribution in [0.4, 0.5) is 10.1 Å². The molecule has 0 radical (unpaired) electrons. The van der Waals surface area contributed by atoms with Crippen LogP contribution in [0.15, 0.2) is 45.7 Å². The number of nitrogens with two attached hydrogens (primary N) is 1. The quantitative estimate of drug-likeness (QED) is 0.209. The van der Waals surface area contributed by atoms with E-state index in [-0.39, 0.29) is 10.9 Å². The summed E-state index contributed by atoms with van der Waals surface area (Å²) in [6.07, 6.45) is 4.12. The van der Waals surface area contributed by atoms with Gasteiger partial charge in [-0.15, -0.1) is 0 Å². The summed E-state index contributed by atoms with van der Waals surface area (Å²) in [5, 5.41) is 10.1. The van der Waals surface area contributed by atoms with Gasteiger partial charge < -0.3 is 26.7 Å². The molecule has 0 spiro atoms. The number of anilines is 1. The second-order valence-corrected chi connectivity index (χ2v) is 8.82. The Morgan fingerprint density at radius 3 is 2.42 bits per heavy atom. The summed E-state index contributed by atoms with van der Waals surface area (Å²) in [4.78, 5) is 19.8. The van der Waals surface area contributed by atoms with E-state index in [0.29, 0.717) is 23.6 Å². The van der Waals surface area contributed by atoms with Gasteiger partial charge in [-0.3, -0.25) is 4.79 Å². The van der Waals surface area contributed by atoms with E-state index in [4.69, 9.17) is 5.73 Å². The molecule has 1 heterocycles. The molecule has 2 aromatic carbocycles. The van der Waals surface area contributed by atoms with Gasteiger partial charge in [-0.05, 0) is 82.7 Å². The predicted molar refractivity (Wildman–Crippen MR) is 137 cm³/mol. The van der Waals surface area contributed by atoms with Crippen LogP contribution in [0.5, 0.6) is 0 Å². The third-order valence-corrected chi connectivity index (χ3v) is 5.75. The Morgan fingerprint density at radius 1 is 0.970 bits per heavy atom. The van der Waals surface area contributed by atoms with Crippen LogP contribution in [0, 0.1) is 5.82 Å². The van der Waals surface area contributed by atoms with Gasteiger partial charge in [0.05, 0.1) is 16.6 Å². The minimum Gasteiger partial charge on any atom is -0.383 e. The molecule has 0 amide bonds. The van der Waals surface area contributed by atoms with Crippen molar-refractivity contribution in [2.24, 2.45) is 5.73 Å². The van der Waals surface area contributed by atoms with Crippen LogP contribution in [-0.4, -0.2) is 49.2 Å². The van der Waals surface area contributed by atoms with Crippen LogP contribution in [-0.2, 0) is 0 Å². The molecule has 6 N–H and O–H groups in total. The highest BCUT2D eigenvalue weighted by atomic mass is 79.9. The van der Waals surface area contributed by atoms with Gasteiger partial charge in [0.2, 0.25) is 0 Å². The highest BCUT2D eigenvalue weighted by molar-refractivity contribution is 9.10. The van der Waals surface area contributed by atoms with Crippen LogP contribution in [0.2, 0.25) is 0 Å². The predicted octanol–water partition coefficient (Wildman–Crippen LogP) is 3.60. The SMILES string of the molecule is NCCCNCCCCNCCCNc1cc2nc(-c3cccc(Br)c3)[nH]c(=O)c2cc1F. The van der Waals surface area contributed by atoms with Crippen LogP contribution in [0.25, 0.3) is 22.3 Å². The fraction of sp³-hybridized carbons (Fsp3) is 0.417. The van der Waals surface area contributed by atoms with Gasteiger partial charge >= 0.3 is 0 Å². The molecule has 3 rings (SSSR count). The Balaban J connectivity index is 1.49. The Bertz CT molecular complexity index is 1090. The number of nitrogens with zero attached hydrogens (tertiary/aromatic N) is 1. The number of fused-ring (bicyclic) bond motifs is 1. The minimum atomic E-state index is -0.458. The largest absolute Gasteiger partial charge is 0.383 e. The third kappa shape index (κ3) is 7.89. The lowest BCUT2D eigenvalue weighted by Gasteiger charge is -2.10. The molecule has 0 saturated carbocycles. The highest BCUT2D eigenvalue weighted by Crippen LogP contribution is 2.23. The number of hydrogen-bond donors (Lipinski definition) is 5. The number of hydrogen-bond acceptors (Lipinski definition) is 6. The van der Waals surface area contributed by atoms with E-state index in [1.165, 1.54) is 6.07 Å². The summed E-state index contributed by atoms with van der Waals surface area (Å²) in [6.45, 7) is 5.17. The van der Waals surface area contributed by atoms with Gasteiger partial charge in [0.25, 0.3) is 5.56 Å². The zero-order chi connectivity index (χ0) is 23.5. The first-order valence-corrected chi connectivity index (χ1v) is 12.2. The summed E-state index contributed by atoms with van der Waals surface area (Å²) in [7, 11) is 0. The minimum absolute atomic E-state index is 0.232. The zero-order valence-electron chi connectivity index (χ0n) is 18.7. The maximum absolute atomic E-state index is 14.5. The molecular weight excluding hydrogens is 487 g/mol. The topological polar surface area (TPSA) is 108 Å². The van der Waals surface area contributed by atoms with Crippen molar-refractivity contribution >= 4 is 32.5 Å². The summed E-state index contributed by atoms with van der Waals surface area (Å²) < 4.78 is 15.4. The number of aromatic nitrogens is 2. The molecule has 0 fully saturated rings. The molecule has 0 bridgehead atoms. The molecule has 0 saturated heterocycles. The third-order valence-electron chi connectivity index (χ3n) is 5.25. The van der Waals surface area contributed by atoms with Gasteiger partial charge in [-0.2, -0.15) is 0 Å². The van der Waals surface area contributed by atoms with Crippen molar-refractivity contribution in [3.8, 4) is 11.4 Å². The summed E-state index contributed by atoms with van der Waals surface area (Å²) in [5.41, 5.74) is 6.68. The lowest BCUT2D eigenvalue weighted by molar-refractivity contribution is 0.571. The van der Waals surface area contributed by atoms with Gasteiger partial charge in [0.15, 0.2) is 0 Å². The standard InChI is InChI=1S/C24H32BrFN6O/c25-18-7-3-6-17(14-18)23-31-21-16-22(20(26)15-19(21)24(33)32-23)30-13-5-12-29-10-2-1-9-28-11-4-8-27/h3,6-7,14-16,28-30H,1-2,4-5,8-13,27H2,(H,31,32,33). The number of benzene rings is 2. The molecule has 0 aliphatic heterocycles. The van der Waals surface area contributed by atoms with E-state index in [0.717, 1.165) is 68.4 Å². The van der Waals surface area contributed by atoms with E-state index >= 15 is 0 Å². The lowest BCUT2D eigenvalue weighted by Crippen LogP contribution is -2.22. The Labute approximate surface area is 201 Å². The first-order chi connectivity index (χ1) is 16.1. The Hall–Kier alpha value is -2.33. The van der Waals surface area contributed by atoms with Crippen molar-refractivity contribution in [2.75, 3.05) is 44.6 Å². The number of rotatable bonds is 14. The lowest BCUT2D eigenvalue weighted by atomic mass is 10.1. The summed E-state index contributed by atoms with van der Waals surface area (Å²) in [5.74, 6) is -0.00904. The molecular formula is C24H32BrFN6O. The van der Waals surface area contributed by atoms with Crippen molar-refractivity contribution in [3.05, 3.63) is 57.0 Å². The molecule has 1 aromatic heterocycles. The van der Waals surface area contributed by atoms with Crippen molar-refractivity contribution in [1.29, 1.82) is 0 Å². The molecule has 0 atom stereocenters. The second-order valence-electron chi connectivity index (χ2n) is 7.90. The number of H-pyrrole nitrogens is 1. The Kier molecular flexibility index (Phi) is 10.3. The zero-order valence-corrected chi connectivity index (χ0v) is 20.3. The van der Waals surface area contributed by atoms with Gasteiger partial charge in [-0.1, -0.05) is 28.1 Å². The van der Waals surface area contributed by atoms with E-state index in [2.05, 4.69) is 41.8 Å². The van der Waals surface area contributed by atoms with Crippen molar-refractivity contribution < 1.29 is 4.39 Å². The maximum Gasteiger partial charge on any atom is 0.259 e. The fourth-order valence-corrected chi connectivity index (χ4v) is 3.88. The monoisotopic (exact) mass is 518 g/mol. The maximum atomic E-state index is 14.5. The average Bonchev–Trinajstić information content (AvgIpc) is 2.80. The highest BCUT2D eigenvalue weighted by Gasteiger charge is 2.11. The summed E-state index contributed by atoms with van der Waals surface area (Å²) >= 11 is 3.43. The van der Waals surface area contributed by atoms with Crippen LogP contribution >= 0.6 is 15.9 Å². The molecule has 33 heavy (non-hydrogen) atoms. The first kappa shape index (κ1) is 25.3. The van der Waals surface area contributed by atoms with Gasteiger partial charge in [0.1, 0.15) is 11.6 Å². The molecule has 0 aliphatic rings. The molecule has 0 aliphatic carbocycles. The molecule has 178 valence electrons. The van der Waals surface area contributed by atoms with E-state index in [1.807, 2.05) is 24.3 Å². The van der Waals surface area contributed by atoms with Crippen LogP contribution in [0.1, 0.15) is 25.7 Å². The second kappa shape index (κ2) is 13.4. The van der Waals surface area contributed by atoms with Crippen molar-refractivity contribution in [1.82, 2.24) is 20.6 Å². The van der Waals surface area contributed by atoms with Crippen LogP contribution in [0.3, 0.4) is 0 Å². The van der Waals surface area contributed by atoms with Gasteiger partial charge in [-0.25, -0.2) is 9.37 Å². The van der Waals surface area contributed by atoms with E-state index in [9.17, 15) is 9.18 Å². The molecule has 9 heteroatoms. The molecule has 0 unspecified atom stereocenters. The molecule has 7 nitrogen and oxygen atoms in total. The molecule has 3 aromatic rings. The number of halogens is 2. The van der Waals surface area contributed by atoms with E-state index in [1.54, 1.807) is 6.07 Å². The van der Waals surface area contributed by atoms with Crippen molar-refractivity contribution in [3.63, 3.8) is 0 Å². The number of nitrogens with one attached hydrogen (secondary N) is 4. The Morgan fingerprint density at radius 2 is 1.70 bits per heavy atom. The first-order valence-electron chi connectivity index (χ1n) is 11.4. The smallest absolute Gasteiger partial charge is 0.259 e. The van der Waals surface area contributed by atoms with Crippen molar-refractivity contribution in [2.45, 2.75) is 25.7 Å². The van der Waals surface area contributed by atoms with E-state index < -0.39 is 5.82 Å². The normalized spacial score (nSPS) is 11.2. The average molecular weight is 519 g/mol. The summed E-state index contributed by atoms with van der Waals surface area (Å²) in [6, 6.07) is 10.4. The fourth-order valence-electron chi connectivity index (χ4n) is 3.48.